The zero-order valence-corrected chi connectivity index (χ0v) is 12.5. The van der Waals surface area contributed by atoms with Crippen LogP contribution in [0, 0.1) is 0 Å². The van der Waals surface area contributed by atoms with E-state index in [0.29, 0.717) is 23.0 Å². The molecule has 1 aliphatic heterocycles. The fraction of sp³-hybridized carbons (Fsp3) is 0.231. The molecule has 1 aliphatic rings. The molecule has 1 fully saturated rings. The summed E-state index contributed by atoms with van der Waals surface area (Å²) in [5.41, 5.74) is 0.970. The van der Waals surface area contributed by atoms with E-state index >= 15 is 0 Å². The molecule has 0 radical (unpaired) electrons. The number of halogens is 1. The van der Waals surface area contributed by atoms with Crippen LogP contribution in [0.1, 0.15) is 12.0 Å². The zero-order chi connectivity index (χ0) is 13.7. The number of carbonyl (C=O) groups is 1. The molecule has 0 unspecified atom stereocenters. The van der Waals surface area contributed by atoms with Crippen LogP contribution in [0.4, 0.5) is 0 Å². The molecule has 0 atom stereocenters. The number of aliphatic hydroxyl groups excluding tert-OH is 1. The maximum absolute atomic E-state index is 11.7. The van der Waals surface area contributed by atoms with Crippen LogP contribution >= 0.6 is 27.7 Å². The van der Waals surface area contributed by atoms with E-state index in [4.69, 9.17) is 5.11 Å². The zero-order valence-electron chi connectivity index (χ0n) is 10.1. The Bertz CT molecular complexity index is 526. The van der Waals surface area contributed by atoms with Gasteiger partial charge in [0.2, 0.25) is 0 Å². The SMILES string of the molecule is O=C1NC(=NCCCO)S/C1=C\c1ccc(Br)cc1. The Balaban J connectivity index is 2.07. The van der Waals surface area contributed by atoms with Crippen LogP contribution in [0.2, 0.25) is 0 Å². The summed E-state index contributed by atoms with van der Waals surface area (Å²) in [5.74, 6) is -0.129. The predicted octanol–water partition coefficient (Wildman–Crippen LogP) is 2.39. The third-order valence-electron chi connectivity index (χ3n) is 2.39. The van der Waals surface area contributed by atoms with Crippen LogP contribution in [-0.2, 0) is 4.79 Å². The molecule has 2 N–H and O–H groups in total. The number of carbonyl (C=O) groups excluding carboxylic acids is 1. The van der Waals surface area contributed by atoms with Crippen LogP contribution in [0.25, 0.3) is 6.08 Å². The second kappa shape index (κ2) is 6.88. The summed E-state index contributed by atoms with van der Waals surface area (Å²) in [5, 5.41) is 12.0. The highest BCUT2D eigenvalue weighted by molar-refractivity contribution is 9.10. The fourth-order valence-electron chi connectivity index (χ4n) is 1.46. The fourth-order valence-corrected chi connectivity index (χ4v) is 2.57. The molecule has 0 aliphatic carbocycles. The van der Waals surface area contributed by atoms with E-state index in [1.807, 2.05) is 30.3 Å². The van der Waals surface area contributed by atoms with E-state index in [-0.39, 0.29) is 12.5 Å². The Morgan fingerprint density at radius 1 is 1.37 bits per heavy atom. The van der Waals surface area contributed by atoms with Crippen LogP contribution < -0.4 is 5.32 Å². The molecule has 0 saturated carbocycles. The Morgan fingerprint density at radius 3 is 2.79 bits per heavy atom. The molecule has 0 bridgehead atoms. The second-order valence-corrected chi connectivity index (χ2v) is 5.83. The Hall–Kier alpha value is -1.11. The summed E-state index contributed by atoms with van der Waals surface area (Å²) in [6.07, 6.45) is 2.44. The summed E-state index contributed by atoms with van der Waals surface area (Å²) in [6.45, 7) is 0.627. The lowest BCUT2D eigenvalue weighted by molar-refractivity contribution is -0.115. The average molecular weight is 341 g/mol. The van der Waals surface area contributed by atoms with Gasteiger partial charge in [-0.15, -0.1) is 0 Å². The van der Waals surface area contributed by atoms with Crippen molar-refractivity contribution in [2.45, 2.75) is 6.42 Å². The highest BCUT2D eigenvalue weighted by atomic mass is 79.9. The van der Waals surface area contributed by atoms with Gasteiger partial charge in [0.1, 0.15) is 0 Å². The standard InChI is InChI=1S/C13H13BrN2O2S/c14-10-4-2-9(3-5-10)8-11-12(18)16-13(19-11)15-6-1-7-17/h2-5,8,17H,1,6-7H2,(H,15,16,18)/b11-8-. The van der Waals surface area contributed by atoms with Gasteiger partial charge < -0.3 is 10.4 Å². The third-order valence-corrected chi connectivity index (χ3v) is 3.87. The molecular weight excluding hydrogens is 328 g/mol. The van der Waals surface area contributed by atoms with Crippen LogP contribution in [0.5, 0.6) is 0 Å². The minimum Gasteiger partial charge on any atom is -0.396 e. The van der Waals surface area contributed by atoms with Crippen LogP contribution in [0.15, 0.2) is 38.6 Å². The van der Waals surface area contributed by atoms with Gasteiger partial charge in [-0.05, 0) is 42.0 Å². The first kappa shape index (κ1) is 14.3. The van der Waals surface area contributed by atoms with Gasteiger partial charge in [-0.3, -0.25) is 9.79 Å². The molecule has 0 spiro atoms. The molecule has 100 valence electrons. The van der Waals surface area contributed by atoms with Gasteiger partial charge >= 0.3 is 0 Å². The van der Waals surface area contributed by atoms with Gasteiger partial charge in [0.05, 0.1) is 4.91 Å². The Kier molecular flexibility index (Phi) is 5.18. The maximum atomic E-state index is 11.7. The summed E-state index contributed by atoms with van der Waals surface area (Å²) in [7, 11) is 0. The van der Waals surface area contributed by atoms with Gasteiger partial charge in [-0.25, -0.2) is 0 Å². The number of aliphatic imine (C=N–C) groups is 1. The first-order valence-electron chi connectivity index (χ1n) is 5.81. The average Bonchev–Trinajstić information content (AvgIpc) is 2.73. The highest BCUT2D eigenvalue weighted by Gasteiger charge is 2.23. The van der Waals surface area contributed by atoms with Crippen molar-refractivity contribution in [2.24, 2.45) is 4.99 Å². The highest BCUT2D eigenvalue weighted by Crippen LogP contribution is 2.26. The predicted molar refractivity (Wildman–Crippen MR) is 81.9 cm³/mol. The van der Waals surface area contributed by atoms with Gasteiger partial charge in [0, 0.05) is 17.6 Å². The van der Waals surface area contributed by atoms with Crippen molar-refractivity contribution in [1.29, 1.82) is 0 Å². The number of rotatable bonds is 4. The monoisotopic (exact) mass is 340 g/mol. The number of hydrogen-bond donors (Lipinski definition) is 2. The lowest BCUT2D eigenvalue weighted by atomic mass is 10.2. The number of thioether (sulfide) groups is 1. The van der Waals surface area contributed by atoms with Gasteiger partial charge in [0.25, 0.3) is 5.91 Å². The number of hydrogen-bond acceptors (Lipinski definition) is 4. The quantitative estimate of drug-likeness (QED) is 0.653. The van der Waals surface area contributed by atoms with Crippen molar-refractivity contribution in [2.75, 3.05) is 13.2 Å². The van der Waals surface area contributed by atoms with Gasteiger partial charge in [-0.1, -0.05) is 28.1 Å². The molecule has 0 aromatic heterocycles. The Labute approximate surface area is 124 Å². The minimum atomic E-state index is -0.129. The number of aliphatic hydroxyl groups is 1. The van der Waals surface area contributed by atoms with Crippen LogP contribution in [-0.4, -0.2) is 29.3 Å². The smallest absolute Gasteiger partial charge is 0.264 e. The third kappa shape index (κ3) is 4.19. The lowest BCUT2D eigenvalue weighted by Crippen LogP contribution is -2.20. The summed E-state index contributed by atoms with van der Waals surface area (Å²) >= 11 is 4.70. The molecule has 1 aromatic rings. The van der Waals surface area contributed by atoms with E-state index < -0.39 is 0 Å². The number of amides is 1. The number of nitrogens with zero attached hydrogens (tertiary/aromatic N) is 1. The molecule has 1 aromatic carbocycles. The molecule has 4 nitrogen and oxygen atoms in total. The summed E-state index contributed by atoms with van der Waals surface area (Å²) in [6, 6.07) is 7.73. The Morgan fingerprint density at radius 2 is 2.11 bits per heavy atom. The van der Waals surface area contributed by atoms with E-state index in [1.54, 1.807) is 0 Å². The molecular formula is C13H13BrN2O2S. The summed E-state index contributed by atoms with van der Waals surface area (Å²) in [4.78, 5) is 16.6. The van der Waals surface area contributed by atoms with Crippen molar-refractivity contribution in [3.8, 4) is 0 Å². The normalized spacial score (nSPS) is 19.2. The maximum Gasteiger partial charge on any atom is 0.264 e. The number of benzene rings is 1. The first-order chi connectivity index (χ1) is 9.19. The molecule has 1 heterocycles. The van der Waals surface area contributed by atoms with Gasteiger partial charge in [-0.2, -0.15) is 0 Å². The molecule has 19 heavy (non-hydrogen) atoms. The minimum absolute atomic E-state index is 0.108. The number of amidine groups is 1. The van der Waals surface area contributed by atoms with Crippen molar-refractivity contribution in [3.05, 3.63) is 39.2 Å². The first-order valence-corrected chi connectivity index (χ1v) is 7.42. The van der Waals surface area contributed by atoms with E-state index in [0.717, 1.165) is 10.0 Å². The molecule has 2 rings (SSSR count). The van der Waals surface area contributed by atoms with Crippen LogP contribution in [0.3, 0.4) is 0 Å². The largest absolute Gasteiger partial charge is 0.396 e. The van der Waals surface area contributed by atoms with Gasteiger partial charge in [0.15, 0.2) is 5.17 Å². The summed E-state index contributed by atoms with van der Waals surface area (Å²) < 4.78 is 1.00. The van der Waals surface area contributed by atoms with E-state index in [1.165, 1.54) is 11.8 Å². The van der Waals surface area contributed by atoms with E-state index in [9.17, 15) is 4.79 Å². The molecule has 1 amide bonds. The molecule has 6 heteroatoms. The van der Waals surface area contributed by atoms with E-state index in [2.05, 4.69) is 26.2 Å². The van der Waals surface area contributed by atoms with Crippen molar-refractivity contribution < 1.29 is 9.90 Å². The number of nitrogens with one attached hydrogen (secondary N) is 1. The second-order valence-electron chi connectivity index (χ2n) is 3.88. The topological polar surface area (TPSA) is 61.7 Å². The molecule has 1 saturated heterocycles. The van der Waals surface area contributed by atoms with Crippen molar-refractivity contribution >= 4 is 44.8 Å². The van der Waals surface area contributed by atoms with Crippen molar-refractivity contribution in [1.82, 2.24) is 5.32 Å². The lowest BCUT2D eigenvalue weighted by Gasteiger charge is -1.95. The van der Waals surface area contributed by atoms with Crippen molar-refractivity contribution in [3.63, 3.8) is 0 Å².